The Kier molecular flexibility index (Phi) is 8.30. The zero-order valence-electron chi connectivity index (χ0n) is 12.8. The maximum Gasteiger partial charge on any atom is 0.300 e. The fraction of sp³-hybridized carbons (Fsp3) is 0.867. The van der Waals surface area contributed by atoms with E-state index in [1.165, 1.54) is 19.3 Å². The minimum absolute atomic E-state index is 0.204. The summed E-state index contributed by atoms with van der Waals surface area (Å²) in [5.74, 6) is -0.179. The molecule has 0 aromatic carbocycles. The van der Waals surface area contributed by atoms with Crippen LogP contribution in [0, 0.1) is 11.8 Å². The Morgan fingerprint density at radius 3 is 2.38 bits per heavy atom. The van der Waals surface area contributed by atoms with Gasteiger partial charge in [0, 0.05) is 31.8 Å². The first-order valence-electron chi connectivity index (χ1n) is 7.86. The summed E-state index contributed by atoms with van der Waals surface area (Å²) in [6.45, 7) is 3.32. The van der Waals surface area contributed by atoms with Crippen LogP contribution in [0.2, 0.25) is 0 Å². The van der Waals surface area contributed by atoms with Gasteiger partial charge in [-0.3, -0.25) is 9.59 Å². The van der Waals surface area contributed by atoms with Crippen molar-refractivity contribution in [3.8, 4) is 0 Å². The van der Waals surface area contributed by atoms with Gasteiger partial charge in [-0.2, -0.15) is 0 Å². The lowest BCUT2D eigenvalue weighted by Gasteiger charge is -2.29. The Labute approximate surface area is 126 Å². The van der Waals surface area contributed by atoms with Gasteiger partial charge in [0.15, 0.2) is 0 Å². The molecule has 1 saturated heterocycles. The van der Waals surface area contributed by atoms with Gasteiger partial charge in [0.2, 0.25) is 5.91 Å². The number of amides is 1. The number of aliphatic carboxylic acids is 1. The minimum Gasteiger partial charge on any atom is -0.481 e. The van der Waals surface area contributed by atoms with Gasteiger partial charge >= 0.3 is 0 Å². The Hall–Kier alpha value is -1.14. The summed E-state index contributed by atoms with van der Waals surface area (Å²) in [6.07, 6.45) is 6.38. The predicted octanol–water partition coefficient (Wildman–Crippen LogP) is 0.744. The normalized spacial score (nSPS) is 26.4. The second-order valence-corrected chi connectivity index (χ2v) is 5.92. The van der Waals surface area contributed by atoms with E-state index < -0.39 is 5.97 Å². The van der Waals surface area contributed by atoms with Crippen molar-refractivity contribution in [2.75, 3.05) is 19.6 Å². The van der Waals surface area contributed by atoms with Crippen molar-refractivity contribution in [2.45, 2.75) is 51.6 Å². The lowest BCUT2D eigenvalue weighted by molar-refractivity contribution is -0.134. The highest BCUT2D eigenvalue weighted by atomic mass is 16.4. The number of β-amino-alcohol motifs (C(OH)–C–C–N with tert-alkyl or cyclic N) is 1. The van der Waals surface area contributed by atoms with Gasteiger partial charge in [-0.25, -0.2) is 0 Å². The summed E-state index contributed by atoms with van der Waals surface area (Å²) in [5.41, 5.74) is 0. The van der Waals surface area contributed by atoms with Gasteiger partial charge in [-0.05, 0) is 25.8 Å². The van der Waals surface area contributed by atoms with E-state index in [1.807, 2.05) is 0 Å². The fourth-order valence-corrected chi connectivity index (χ4v) is 2.88. The zero-order valence-corrected chi connectivity index (χ0v) is 12.8. The molecule has 21 heavy (non-hydrogen) atoms. The molecule has 2 rings (SSSR count). The SMILES string of the molecule is CC(=O)O.O=C(NC[C@@H]1CCNC[C@H]1O)C1CCCCC1. The molecule has 0 radical (unpaired) electrons. The number of nitrogens with one attached hydrogen (secondary N) is 2. The van der Waals surface area contributed by atoms with Crippen LogP contribution in [0.15, 0.2) is 0 Å². The smallest absolute Gasteiger partial charge is 0.300 e. The van der Waals surface area contributed by atoms with Crippen LogP contribution >= 0.6 is 0 Å². The Bertz CT molecular complexity index is 326. The van der Waals surface area contributed by atoms with Gasteiger partial charge in [0.1, 0.15) is 0 Å². The van der Waals surface area contributed by atoms with Gasteiger partial charge in [-0.15, -0.1) is 0 Å². The van der Waals surface area contributed by atoms with Crippen molar-refractivity contribution in [1.82, 2.24) is 10.6 Å². The number of hydrogen-bond donors (Lipinski definition) is 4. The highest BCUT2D eigenvalue weighted by Gasteiger charge is 2.25. The molecule has 1 saturated carbocycles. The number of rotatable bonds is 3. The van der Waals surface area contributed by atoms with Crippen LogP contribution in [0.4, 0.5) is 0 Å². The van der Waals surface area contributed by atoms with E-state index in [2.05, 4.69) is 10.6 Å². The molecule has 1 amide bonds. The molecule has 0 spiro atoms. The van der Waals surface area contributed by atoms with Crippen molar-refractivity contribution >= 4 is 11.9 Å². The van der Waals surface area contributed by atoms with Crippen LogP contribution in [0.3, 0.4) is 0 Å². The van der Waals surface area contributed by atoms with E-state index in [1.54, 1.807) is 0 Å². The second kappa shape index (κ2) is 9.73. The number of piperidine rings is 1. The number of carboxylic acid groups (broad SMARTS) is 1. The third kappa shape index (κ3) is 7.43. The molecule has 1 aliphatic heterocycles. The first kappa shape index (κ1) is 17.9. The van der Waals surface area contributed by atoms with Crippen molar-refractivity contribution in [3.05, 3.63) is 0 Å². The van der Waals surface area contributed by atoms with Crippen LogP contribution in [0.25, 0.3) is 0 Å². The average molecular weight is 300 g/mol. The first-order valence-corrected chi connectivity index (χ1v) is 7.86. The summed E-state index contributed by atoms with van der Waals surface area (Å²) < 4.78 is 0. The molecule has 1 aliphatic carbocycles. The monoisotopic (exact) mass is 300 g/mol. The third-order valence-corrected chi connectivity index (χ3v) is 4.10. The van der Waals surface area contributed by atoms with Crippen molar-refractivity contribution in [1.29, 1.82) is 0 Å². The summed E-state index contributed by atoms with van der Waals surface area (Å²) >= 11 is 0. The minimum atomic E-state index is -0.833. The highest BCUT2D eigenvalue weighted by molar-refractivity contribution is 5.78. The average Bonchev–Trinajstić information content (AvgIpc) is 2.46. The quantitative estimate of drug-likeness (QED) is 0.616. The molecular weight excluding hydrogens is 272 g/mol. The van der Waals surface area contributed by atoms with Crippen LogP contribution in [-0.2, 0) is 9.59 Å². The Morgan fingerprint density at radius 1 is 1.19 bits per heavy atom. The summed E-state index contributed by atoms with van der Waals surface area (Å²) in [6, 6.07) is 0. The number of hydrogen-bond acceptors (Lipinski definition) is 4. The molecule has 122 valence electrons. The van der Waals surface area contributed by atoms with E-state index in [0.29, 0.717) is 13.1 Å². The van der Waals surface area contributed by atoms with Crippen molar-refractivity contribution in [2.24, 2.45) is 11.8 Å². The van der Waals surface area contributed by atoms with Crippen LogP contribution in [0.1, 0.15) is 45.4 Å². The molecule has 0 bridgehead atoms. The van der Waals surface area contributed by atoms with E-state index in [4.69, 9.17) is 9.90 Å². The zero-order chi connectivity index (χ0) is 15.7. The summed E-state index contributed by atoms with van der Waals surface area (Å²) in [4.78, 5) is 20.9. The van der Waals surface area contributed by atoms with E-state index in [-0.39, 0.29) is 23.8 Å². The predicted molar refractivity (Wildman–Crippen MR) is 79.9 cm³/mol. The summed E-state index contributed by atoms with van der Waals surface area (Å²) in [5, 5.41) is 23.4. The number of carboxylic acids is 1. The van der Waals surface area contributed by atoms with Crippen LogP contribution < -0.4 is 10.6 Å². The largest absolute Gasteiger partial charge is 0.481 e. The molecule has 2 aliphatic rings. The number of carbonyl (C=O) groups excluding carboxylic acids is 1. The molecule has 4 N–H and O–H groups in total. The molecule has 2 fully saturated rings. The van der Waals surface area contributed by atoms with Gasteiger partial charge < -0.3 is 20.8 Å². The topological polar surface area (TPSA) is 98.7 Å². The number of aliphatic hydroxyl groups is 1. The third-order valence-electron chi connectivity index (χ3n) is 4.10. The maximum atomic E-state index is 11.9. The molecule has 0 aromatic rings. The molecule has 0 unspecified atom stereocenters. The van der Waals surface area contributed by atoms with Crippen molar-refractivity contribution in [3.63, 3.8) is 0 Å². The molecule has 0 aromatic heterocycles. The molecule has 6 nitrogen and oxygen atoms in total. The Morgan fingerprint density at radius 2 is 1.81 bits per heavy atom. The van der Waals surface area contributed by atoms with Gasteiger partial charge in [0.25, 0.3) is 5.97 Å². The first-order chi connectivity index (χ1) is 10.0. The van der Waals surface area contributed by atoms with Crippen LogP contribution in [-0.4, -0.2) is 47.8 Å². The molecular formula is C15H28N2O4. The fourth-order valence-electron chi connectivity index (χ4n) is 2.88. The lowest BCUT2D eigenvalue weighted by Crippen LogP contribution is -2.46. The standard InChI is InChI=1S/C13H24N2O2.C2H4O2/c16-12-9-14-7-6-11(12)8-15-13(17)10-4-2-1-3-5-10;1-2(3)4/h10-12,14,16H,1-9H2,(H,15,17);1H3,(H,3,4)/t11-,12+;/m0./s1. The summed E-state index contributed by atoms with van der Waals surface area (Å²) in [7, 11) is 0. The molecule has 6 heteroatoms. The highest BCUT2D eigenvalue weighted by Crippen LogP contribution is 2.23. The Balaban J connectivity index is 0.000000491. The van der Waals surface area contributed by atoms with Crippen molar-refractivity contribution < 1.29 is 19.8 Å². The van der Waals surface area contributed by atoms with Gasteiger partial charge in [-0.1, -0.05) is 19.3 Å². The van der Waals surface area contributed by atoms with E-state index >= 15 is 0 Å². The molecule has 2 atom stereocenters. The van der Waals surface area contributed by atoms with Gasteiger partial charge in [0.05, 0.1) is 6.10 Å². The second-order valence-electron chi connectivity index (χ2n) is 5.92. The lowest BCUT2D eigenvalue weighted by atomic mass is 9.88. The van der Waals surface area contributed by atoms with Crippen LogP contribution in [0.5, 0.6) is 0 Å². The van der Waals surface area contributed by atoms with E-state index in [0.717, 1.165) is 32.7 Å². The number of aliphatic hydroxyl groups excluding tert-OH is 1. The molecule has 1 heterocycles. The van der Waals surface area contributed by atoms with E-state index in [9.17, 15) is 9.90 Å². The maximum absolute atomic E-state index is 11.9. The number of carbonyl (C=O) groups is 2.